The number of rotatable bonds is 7. The number of likely N-dealkylation sites (tertiary alicyclic amines) is 1. The average molecular weight is 491 g/mol. The van der Waals surface area contributed by atoms with Crippen molar-refractivity contribution in [2.24, 2.45) is 0 Å². The minimum atomic E-state index is -0.454. The molecule has 36 heavy (non-hydrogen) atoms. The summed E-state index contributed by atoms with van der Waals surface area (Å²) in [5.74, 6) is 2.33. The molecule has 1 fully saturated rings. The van der Waals surface area contributed by atoms with Crippen LogP contribution in [0.4, 0.5) is 5.69 Å². The zero-order valence-corrected chi connectivity index (χ0v) is 19.8. The standard InChI is InChI=1S/C27H26N2O7/c1-33-21-8-4-18(5-9-21)22-16-20(29(31)32)7-11-24(22)36-17-27(30)28-12-2-3-23(28)19-6-10-25-26(15-19)35-14-13-34-25/h4-11,15-16,23H,2-3,12-14,17H2,1H3. The van der Waals surface area contributed by atoms with E-state index in [-0.39, 0.29) is 24.2 Å². The van der Waals surface area contributed by atoms with Gasteiger partial charge in [0, 0.05) is 24.2 Å². The van der Waals surface area contributed by atoms with E-state index in [1.165, 1.54) is 18.2 Å². The van der Waals surface area contributed by atoms with Gasteiger partial charge >= 0.3 is 0 Å². The maximum absolute atomic E-state index is 13.2. The topological polar surface area (TPSA) is 100 Å². The van der Waals surface area contributed by atoms with Crippen molar-refractivity contribution in [1.82, 2.24) is 4.90 Å². The molecule has 2 aliphatic rings. The van der Waals surface area contributed by atoms with Crippen LogP contribution in [0, 0.1) is 10.1 Å². The molecule has 1 amide bonds. The van der Waals surface area contributed by atoms with Gasteiger partial charge in [0.15, 0.2) is 18.1 Å². The van der Waals surface area contributed by atoms with Crippen molar-refractivity contribution in [1.29, 1.82) is 0 Å². The lowest BCUT2D eigenvalue weighted by Crippen LogP contribution is -2.34. The highest BCUT2D eigenvalue weighted by molar-refractivity contribution is 5.80. The largest absolute Gasteiger partial charge is 0.497 e. The van der Waals surface area contributed by atoms with E-state index in [1.54, 1.807) is 31.4 Å². The van der Waals surface area contributed by atoms with E-state index in [0.717, 1.165) is 24.0 Å². The summed E-state index contributed by atoms with van der Waals surface area (Å²) >= 11 is 0. The summed E-state index contributed by atoms with van der Waals surface area (Å²) < 4.78 is 22.5. The van der Waals surface area contributed by atoms with Gasteiger partial charge in [-0.25, -0.2) is 0 Å². The molecule has 0 aromatic heterocycles. The van der Waals surface area contributed by atoms with Crippen LogP contribution in [-0.4, -0.2) is 49.2 Å². The molecule has 9 heteroatoms. The first-order valence-electron chi connectivity index (χ1n) is 11.8. The summed E-state index contributed by atoms with van der Waals surface area (Å²) in [7, 11) is 1.57. The number of non-ortho nitro benzene ring substituents is 1. The van der Waals surface area contributed by atoms with Gasteiger partial charge in [-0.3, -0.25) is 14.9 Å². The molecule has 3 aromatic rings. The highest BCUT2D eigenvalue weighted by atomic mass is 16.6. The quantitative estimate of drug-likeness (QED) is 0.347. The summed E-state index contributed by atoms with van der Waals surface area (Å²) in [5, 5.41) is 11.4. The number of nitrogens with zero attached hydrogens (tertiary/aromatic N) is 2. The van der Waals surface area contributed by atoms with Gasteiger partial charge in [-0.2, -0.15) is 0 Å². The number of hydrogen-bond acceptors (Lipinski definition) is 7. The van der Waals surface area contributed by atoms with Crippen molar-refractivity contribution in [2.45, 2.75) is 18.9 Å². The number of nitro groups is 1. The first-order valence-corrected chi connectivity index (χ1v) is 11.8. The van der Waals surface area contributed by atoms with Crippen LogP contribution in [0.3, 0.4) is 0 Å². The Morgan fingerprint density at radius 1 is 1.06 bits per heavy atom. The Kier molecular flexibility index (Phi) is 6.62. The molecule has 186 valence electrons. The second kappa shape index (κ2) is 10.2. The monoisotopic (exact) mass is 490 g/mol. The van der Waals surface area contributed by atoms with Crippen molar-refractivity contribution in [3.8, 4) is 34.1 Å². The third kappa shape index (κ3) is 4.77. The molecular weight excluding hydrogens is 464 g/mol. The second-order valence-corrected chi connectivity index (χ2v) is 8.60. The number of benzene rings is 3. The van der Waals surface area contributed by atoms with E-state index in [1.807, 2.05) is 23.1 Å². The predicted molar refractivity (Wildman–Crippen MR) is 132 cm³/mol. The lowest BCUT2D eigenvalue weighted by molar-refractivity contribution is -0.384. The van der Waals surface area contributed by atoms with Crippen LogP contribution >= 0.6 is 0 Å². The zero-order chi connectivity index (χ0) is 25.1. The average Bonchev–Trinajstić information content (AvgIpc) is 3.41. The Morgan fingerprint density at radius 3 is 2.58 bits per heavy atom. The molecule has 9 nitrogen and oxygen atoms in total. The van der Waals surface area contributed by atoms with Crippen LogP contribution in [-0.2, 0) is 4.79 Å². The van der Waals surface area contributed by atoms with Gasteiger partial charge in [-0.1, -0.05) is 18.2 Å². The number of amides is 1. The van der Waals surface area contributed by atoms with Crippen LogP contribution in [0.2, 0.25) is 0 Å². The van der Waals surface area contributed by atoms with Crippen molar-refractivity contribution < 1.29 is 28.7 Å². The highest BCUT2D eigenvalue weighted by Gasteiger charge is 2.31. The van der Waals surface area contributed by atoms with Gasteiger partial charge in [0.05, 0.1) is 18.1 Å². The number of methoxy groups -OCH3 is 1. The normalized spacial score (nSPS) is 16.5. The van der Waals surface area contributed by atoms with E-state index < -0.39 is 4.92 Å². The summed E-state index contributed by atoms with van der Waals surface area (Å²) in [4.78, 5) is 26.0. The first kappa shape index (κ1) is 23.5. The van der Waals surface area contributed by atoms with Gasteiger partial charge in [-0.05, 0) is 54.3 Å². The van der Waals surface area contributed by atoms with E-state index >= 15 is 0 Å². The van der Waals surface area contributed by atoms with E-state index in [2.05, 4.69) is 0 Å². The Hall–Kier alpha value is -4.27. The molecule has 1 saturated heterocycles. The SMILES string of the molecule is COc1ccc(-c2cc([N+](=O)[O-])ccc2OCC(=O)N2CCCC2c2ccc3c(c2)OCCO3)cc1. The molecule has 0 N–H and O–H groups in total. The van der Waals surface area contributed by atoms with Crippen LogP contribution in [0.5, 0.6) is 23.0 Å². The highest BCUT2D eigenvalue weighted by Crippen LogP contribution is 2.39. The molecule has 3 aromatic carbocycles. The van der Waals surface area contributed by atoms with Gasteiger partial charge in [-0.15, -0.1) is 0 Å². The molecule has 2 heterocycles. The van der Waals surface area contributed by atoms with Crippen molar-refractivity contribution in [3.05, 3.63) is 76.3 Å². The Labute approximate surface area is 208 Å². The number of carbonyl (C=O) groups is 1. The van der Waals surface area contributed by atoms with Crippen LogP contribution in [0.15, 0.2) is 60.7 Å². The summed E-state index contributed by atoms with van der Waals surface area (Å²) in [5.41, 5.74) is 2.19. The summed E-state index contributed by atoms with van der Waals surface area (Å²) in [6.45, 7) is 1.48. The lowest BCUT2D eigenvalue weighted by Gasteiger charge is -2.27. The third-order valence-electron chi connectivity index (χ3n) is 6.45. The number of carbonyl (C=O) groups excluding carboxylic acids is 1. The molecule has 5 rings (SSSR count). The van der Waals surface area contributed by atoms with E-state index in [4.69, 9.17) is 18.9 Å². The lowest BCUT2D eigenvalue weighted by atomic mass is 10.0. The minimum absolute atomic E-state index is 0.0577. The van der Waals surface area contributed by atoms with Gasteiger partial charge in [0.2, 0.25) is 0 Å². The van der Waals surface area contributed by atoms with Gasteiger partial charge in [0.1, 0.15) is 24.7 Å². The van der Waals surface area contributed by atoms with Crippen LogP contribution in [0.1, 0.15) is 24.4 Å². The van der Waals surface area contributed by atoms with Crippen molar-refractivity contribution >= 4 is 11.6 Å². The Bertz CT molecular complexity index is 1280. The zero-order valence-electron chi connectivity index (χ0n) is 19.8. The Morgan fingerprint density at radius 2 is 1.83 bits per heavy atom. The molecule has 0 spiro atoms. The molecule has 0 saturated carbocycles. The summed E-state index contributed by atoms with van der Waals surface area (Å²) in [6, 6.07) is 17.2. The fourth-order valence-electron chi connectivity index (χ4n) is 4.65. The number of ether oxygens (including phenoxy) is 4. The smallest absolute Gasteiger partial charge is 0.270 e. The number of hydrogen-bond donors (Lipinski definition) is 0. The molecule has 1 unspecified atom stereocenters. The predicted octanol–water partition coefficient (Wildman–Crippen LogP) is 4.78. The summed E-state index contributed by atoms with van der Waals surface area (Å²) in [6.07, 6.45) is 1.74. The molecule has 0 bridgehead atoms. The fourth-order valence-corrected chi connectivity index (χ4v) is 4.65. The molecule has 0 radical (unpaired) electrons. The number of fused-ring (bicyclic) bond motifs is 1. The van der Waals surface area contributed by atoms with E-state index in [9.17, 15) is 14.9 Å². The number of nitro benzene ring substituents is 1. The van der Waals surface area contributed by atoms with Crippen molar-refractivity contribution in [2.75, 3.05) is 33.5 Å². The maximum Gasteiger partial charge on any atom is 0.270 e. The van der Waals surface area contributed by atoms with E-state index in [0.29, 0.717) is 48.3 Å². The van der Waals surface area contributed by atoms with Gasteiger partial charge < -0.3 is 23.8 Å². The van der Waals surface area contributed by atoms with Crippen molar-refractivity contribution in [3.63, 3.8) is 0 Å². The molecule has 1 atom stereocenters. The van der Waals surface area contributed by atoms with Crippen LogP contribution < -0.4 is 18.9 Å². The fraction of sp³-hybridized carbons (Fsp3) is 0.296. The molecular formula is C27H26N2O7. The van der Waals surface area contributed by atoms with Crippen LogP contribution in [0.25, 0.3) is 11.1 Å². The third-order valence-corrected chi connectivity index (χ3v) is 6.45. The first-order chi connectivity index (χ1) is 17.5. The van der Waals surface area contributed by atoms with Gasteiger partial charge in [0.25, 0.3) is 11.6 Å². The molecule has 2 aliphatic heterocycles. The Balaban J connectivity index is 1.34. The maximum atomic E-state index is 13.2. The minimum Gasteiger partial charge on any atom is -0.497 e. The second-order valence-electron chi connectivity index (χ2n) is 8.60. The molecule has 0 aliphatic carbocycles.